The highest BCUT2D eigenvalue weighted by molar-refractivity contribution is 5.70. The molecule has 1 saturated heterocycles. The van der Waals surface area contributed by atoms with Gasteiger partial charge >= 0.3 is 5.97 Å². The van der Waals surface area contributed by atoms with Gasteiger partial charge in [-0.2, -0.15) is 0 Å². The molecule has 0 unspecified atom stereocenters. The molecule has 3 rings (SSSR count). The van der Waals surface area contributed by atoms with Gasteiger partial charge in [-0.15, -0.1) is 0 Å². The molecule has 0 bridgehead atoms. The summed E-state index contributed by atoms with van der Waals surface area (Å²) in [5.74, 6) is 3.24. The summed E-state index contributed by atoms with van der Waals surface area (Å²) in [4.78, 5) is 11.7. The van der Waals surface area contributed by atoms with E-state index in [1.54, 1.807) is 0 Å². The molecule has 4 nitrogen and oxygen atoms in total. The third-order valence-corrected chi connectivity index (χ3v) is 8.23. The number of ether oxygens (including phenoxy) is 2. The Hall–Kier alpha value is -0.610. The fourth-order valence-corrected chi connectivity index (χ4v) is 6.14. The largest absolute Gasteiger partial charge is 0.462 e. The Morgan fingerprint density at radius 2 is 1.90 bits per heavy atom. The highest BCUT2D eigenvalue weighted by Gasteiger charge is 2.46. The fraction of sp³-hybridized carbons (Fsp3) is 0.960. The third-order valence-electron chi connectivity index (χ3n) is 8.23. The smallest absolute Gasteiger partial charge is 0.308 e. The number of aliphatic hydroxyl groups is 1. The van der Waals surface area contributed by atoms with Crippen molar-refractivity contribution in [3.05, 3.63) is 0 Å². The second-order valence-corrected chi connectivity index (χ2v) is 11.3. The van der Waals surface area contributed by atoms with Crippen molar-refractivity contribution in [1.29, 1.82) is 0 Å². The van der Waals surface area contributed by atoms with Crippen LogP contribution in [-0.4, -0.2) is 36.0 Å². The summed E-state index contributed by atoms with van der Waals surface area (Å²) in [7, 11) is 0. The van der Waals surface area contributed by atoms with Crippen molar-refractivity contribution in [2.75, 3.05) is 6.61 Å². The number of fused-ring (bicyclic) bond motifs is 1. The molecular weight excluding hydrogens is 364 g/mol. The van der Waals surface area contributed by atoms with E-state index in [2.05, 4.69) is 34.6 Å². The first-order chi connectivity index (χ1) is 13.7. The normalized spacial score (nSPS) is 41.0. The van der Waals surface area contributed by atoms with E-state index < -0.39 is 6.10 Å². The van der Waals surface area contributed by atoms with Gasteiger partial charge in [0.15, 0.2) is 0 Å². The summed E-state index contributed by atoms with van der Waals surface area (Å²) in [5, 5.41) is 9.95. The fourth-order valence-electron chi connectivity index (χ4n) is 6.14. The van der Waals surface area contributed by atoms with E-state index in [9.17, 15) is 9.90 Å². The van der Waals surface area contributed by atoms with E-state index in [-0.39, 0.29) is 23.9 Å². The number of hydrogen-bond acceptors (Lipinski definition) is 4. The number of cyclic esters (lactones) is 1. The molecule has 2 aliphatic carbocycles. The van der Waals surface area contributed by atoms with Crippen molar-refractivity contribution in [3.63, 3.8) is 0 Å². The van der Waals surface area contributed by atoms with Gasteiger partial charge in [0, 0.05) is 6.42 Å². The molecule has 2 saturated carbocycles. The molecule has 4 heteroatoms. The van der Waals surface area contributed by atoms with Crippen molar-refractivity contribution in [2.24, 2.45) is 35.0 Å². The quantitative estimate of drug-likeness (QED) is 0.576. The SMILES string of the molecule is CCC(C)(C)CO[C@H]1C[C@@H](C)C[C@@H]2CC[C@H](C)[C@H](CC[C@@H]3C[C@@H](O)CC(=O)O3)[C@H]21. The van der Waals surface area contributed by atoms with Crippen LogP contribution in [0.5, 0.6) is 0 Å². The number of esters is 1. The Balaban J connectivity index is 1.67. The first-order valence-corrected chi connectivity index (χ1v) is 12.2. The highest BCUT2D eigenvalue weighted by Crippen LogP contribution is 2.50. The van der Waals surface area contributed by atoms with Crippen LogP contribution in [0.3, 0.4) is 0 Å². The molecule has 0 radical (unpaired) electrons. The monoisotopic (exact) mass is 408 g/mol. The van der Waals surface area contributed by atoms with Gasteiger partial charge in [-0.05, 0) is 73.5 Å². The minimum absolute atomic E-state index is 0.111. The van der Waals surface area contributed by atoms with Crippen LogP contribution in [0, 0.1) is 35.0 Å². The van der Waals surface area contributed by atoms with E-state index in [1.807, 2.05) is 0 Å². The van der Waals surface area contributed by atoms with E-state index in [1.165, 1.54) is 25.7 Å². The molecular formula is C25H44O4. The van der Waals surface area contributed by atoms with E-state index in [4.69, 9.17) is 9.47 Å². The molecule has 1 heterocycles. The lowest BCUT2D eigenvalue weighted by Gasteiger charge is -2.51. The second-order valence-electron chi connectivity index (χ2n) is 11.3. The lowest BCUT2D eigenvalue weighted by molar-refractivity contribution is -0.161. The van der Waals surface area contributed by atoms with Gasteiger partial charge in [0.25, 0.3) is 0 Å². The van der Waals surface area contributed by atoms with Crippen LogP contribution in [0.2, 0.25) is 0 Å². The minimum atomic E-state index is -0.527. The molecule has 0 spiro atoms. The molecule has 0 aromatic rings. The molecule has 1 N–H and O–H groups in total. The summed E-state index contributed by atoms with van der Waals surface area (Å²) in [6.07, 6.45) is 8.73. The lowest BCUT2D eigenvalue weighted by Crippen LogP contribution is -2.47. The van der Waals surface area contributed by atoms with Crippen molar-refractivity contribution in [2.45, 2.75) is 111 Å². The molecule has 8 atom stereocenters. The lowest BCUT2D eigenvalue weighted by atomic mass is 9.58. The van der Waals surface area contributed by atoms with Gasteiger partial charge in [-0.1, -0.05) is 41.0 Å². The molecule has 0 aromatic heterocycles. The number of carbonyl (C=O) groups excluding carboxylic acids is 1. The van der Waals surface area contributed by atoms with E-state index >= 15 is 0 Å². The number of aliphatic hydroxyl groups excluding tert-OH is 1. The molecule has 0 aromatic carbocycles. The van der Waals surface area contributed by atoms with Crippen LogP contribution in [0.4, 0.5) is 0 Å². The maximum Gasteiger partial charge on any atom is 0.308 e. The first-order valence-electron chi connectivity index (χ1n) is 12.2. The Morgan fingerprint density at radius 1 is 1.14 bits per heavy atom. The summed E-state index contributed by atoms with van der Waals surface area (Å²) in [6, 6.07) is 0. The van der Waals surface area contributed by atoms with Gasteiger partial charge in [0.05, 0.1) is 25.2 Å². The number of hydrogen-bond donors (Lipinski definition) is 1. The molecule has 1 aliphatic heterocycles. The van der Waals surface area contributed by atoms with Crippen molar-refractivity contribution < 1.29 is 19.4 Å². The second kappa shape index (κ2) is 9.68. The van der Waals surface area contributed by atoms with Gasteiger partial charge in [-0.3, -0.25) is 4.79 Å². The zero-order valence-electron chi connectivity index (χ0n) is 19.4. The predicted molar refractivity (Wildman–Crippen MR) is 115 cm³/mol. The van der Waals surface area contributed by atoms with E-state index in [0.717, 1.165) is 37.7 Å². The highest BCUT2D eigenvalue weighted by atomic mass is 16.5. The van der Waals surface area contributed by atoms with Crippen LogP contribution in [-0.2, 0) is 14.3 Å². The Bertz CT molecular complexity index is 545. The van der Waals surface area contributed by atoms with Crippen molar-refractivity contribution in [1.82, 2.24) is 0 Å². The summed E-state index contributed by atoms with van der Waals surface area (Å²) >= 11 is 0. The average molecular weight is 409 g/mol. The molecule has 3 fully saturated rings. The van der Waals surface area contributed by atoms with Crippen LogP contribution in [0.1, 0.15) is 92.4 Å². The molecule has 168 valence electrons. The number of carbonyl (C=O) groups is 1. The molecule has 0 amide bonds. The maximum absolute atomic E-state index is 11.7. The minimum Gasteiger partial charge on any atom is -0.462 e. The van der Waals surface area contributed by atoms with Crippen LogP contribution in [0.25, 0.3) is 0 Å². The Morgan fingerprint density at radius 3 is 2.59 bits per heavy atom. The third kappa shape index (κ3) is 5.97. The van der Waals surface area contributed by atoms with Crippen molar-refractivity contribution >= 4 is 5.97 Å². The Kier molecular flexibility index (Phi) is 7.70. The van der Waals surface area contributed by atoms with Gasteiger partial charge < -0.3 is 14.6 Å². The molecule has 29 heavy (non-hydrogen) atoms. The summed E-state index contributed by atoms with van der Waals surface area (Å²) < 4.78 is 12.2. The summed E-state index contributed by atoms with van der Waals surface area (Å²) in [6.45, 7) is 12.5. The zero-order valence-corrected chi connectivity index (χ0v) is 19.4. The summed E-state index contributed by atoms with van der Waals surface area (Å²) in [5.41, 5.74) is 0.235. The number of rotatable bonds is 7. The molecule has 3 aliphatic rings. The topological polar surface area (TPSA) is 55.8 Å². The van der Waals surface area contributed by atoms with Gasteiger partial charge in [-0.25, -0.2) is 0 Å². The van der Waals surface area contributed by atoms with Crippen molar-refractivity contribution in [3.8, 4) is 0 Å². The van der Waals surface area contributed by atoms with Crippen LogP contribution < -0.4 is 0 Å². The van der Waals surface area contributed by atoms with Gasteiger partial charge in [0.2, 0.25) is 0 Å². The Labute approximate surface area is 178 Å². The predicted octanol–water partition coefficient (Wildman–Crippen LogP) is 5.36. The van der Waals surface area contributed by atoms with E-state index in [0.29, 0.717) is 30.3 Å². The standard InChI is InChI=1S/C25H44O4/c1-6-25(4,5)15-28-22-12-16(2)11-18-8-7-17(3)21(24(18)22)10-9-20-13-19(26)14-23(27)29-20/h16-22,24,26H,6-15H2,1-5H3/t16-,17-,18-,19+,20+,21-,22-,24-/m0/s1. The zero-order chi connectivity index (χ0) is 21.2. The first kappa shape index (κ1) is 23.1. The van der Waals surface area contributed by atoms with Crippen LogP contribution >= 0.6 is 0 Å². The maximum atomic E-state index is 11.7. The van der Waals surface area contributed by atoms with Crippen LogP contribution in [0.15, 0.2) is 0 Å². The average Bonchev–Trinajstić information content (AvgIpc) is 2.65. The van der Waals surface area contributed by atoms with Gasteiger partial charge in [0.1, 0.15) is 6.10 Å².